The first-order valence-electron chi connectivity index (χ1n) is 8.84. The zero-order chi connectivity index (χ0) is 17.2. The number of piperidine rings is 1. The number of aromatic nitrogens is 2. The first-order chi connectivity index (χ1) is 12.2. The summed E-state index contributed by atoms with van der Waals surface area (Å²) in [6.07, 6.45) is 4.71. The largest absolute Gasteiger partial charge is 0.351 e. The number of hydrogen-bond acceptors (Lipinski definition) is 4. The third kappa shape index (κ3) is 3.14. The van der Waals surface area contributed by atoms with Crippen molar-refractivity contribution in [2.45, 2.75) is 32.1 Å². The third-order valence-corrected chi connectivity index (χ3v) is 4.91. The molecule has 0 unspecified atom stereocenters. The molecule has 1 saturated heterocycles. The highest BCUT2D eigenvalue weighted by atomic mass is 16.5. The topological polar surface area (TPSA) is 59.2 Å². The van der Waals surface area contributed by atoms with Gasteiger partial charge in [0.1, 0.15) is 0 Å². The number of carbonyl (C=O) groups excluding carboxylic acids is 1. The van der Waals surface area contributed by atoms with Crippen molar-refractivity contribution in [3.8, 4) is 0 Å². The maximum Gasteiger partial charge on any atom is 0.292 e. The van der Waals surface area contributed by atoms with E-state index in [-0.39, 0.29) is 11.8 Å². The molecule has 128 valence electrons. The number of benzene rings is 1. The highest BCUT2D eigenvalue weighted by molar-refractivity contribution is 5.91. The molecule has 0 aliphatic carbocycles. The summed E-state index contributed by atoms with van der Waals surface area (Å²) in [6, 6.07) is 12.1. The number of pyridine rings is 1. The van der Waals surface area contributed by atoms with Crippen molar-refractivity contribution in [1.29, 1.82) is 0 Å². The van der Waals surface area contributed by atoms with Crippen LogP contribution >= 0.6 is 0 Å². The highest BCUT2D eigenvalue weighted by Gasteiger charge is 2.28. The summed E-state index contributed by atoms with van der Waals surface area (Å²) < 4.78 is 5.21. The van der Waals surface area contributed by atoms with E-state index >= 15 is 0 Å². The first-order valence-corrected chi connectivity index (χ1v) is 8.84. The van der Waals surface area contributed by atoms with Crippen LogP contribution in [0.5, 0.6) is 0 Å². The van der Waals surface area contributed by atoms with Crippen LogP contribution in [-0.4, -0.2) is 34.0 Å². The Hall–Kier alpha value is -2.69. The number of amides is 1. The molecule has 1 aliphatic heterocycles. The maximum absolute atomic E-state index is 12.7. The van der Waals surface area contributed by atoms with E-state index in [4.69, 9.17) is 4.52 Å². The normalized spacial score (nSPS) is 17.8. The Morgan fingerprint density at radius 2 is 2.12 bits per heavy atom. The van der Waals surface area contributed by atoms with Crippen molar-refractivity contribution < 1.29 is 9.32 Å². The van der Waals surface area contributed by atoms with Gasteiger partial charge in [0, 0.05) is 42.4 Å². The van der Waals surface area contributed by atoms with Crippen molar-refractivity contribution in [3.63, 3.8) is 0 Å². The molecule has 1 aliphatic rings. The average molecular weight is 335 g/mol. The minimum absolute atomic E-state index is 0.0716. The molecule has 25 heavy (non-hydrogen) atoms. The summed E-state index contributed by atoms with van der Waals surface area (Å²) in [7, 11) is 0. The number of hydrogen-bond donors (Lipinski definition) is 0. The molecule has 1 fully saturated rings. The van der Waals surface area contributed by atoms with Crippen LogP contribution in [0.25, 0.3) is 10.8 Å². The molecule has 0 spiro atoms. The monoisotopic (exact) mass is 335 g/mol. The second kappa shape index (κ2) is 6.67. The van der Waals surface area contributed by atoms with E-state index in [9.17, 15) is 4.79 Å². The van der Waals surface area contributed by atoms with Crippen LogP contribution in [0.1, 0.15) is 47.6 Å². The summed E-state index contributed by atoms with van der Waals surface area (Å²) >= 11 is 0. The summed E-state index contributed by atoms with van der Waals surface area (Å²) in [5.41, 5.74) is 1.87. The van der Waals surface area contributed by atoms with Crippen molar-refractivity contribution in [2.75, 3.05) is 13.1 Å². The Balaban J connectivity index is 1.54. The number of rotatable bonds is 3. The predicted molar refractivity (Wildman–Crippen MR) is 95.5 cm³/mol. The van der Waals surface area contributed by atoms with E-state index in [1.807, 2.05) is 30.2 Å². The van der Waals surface area contributed by atoms with Gasteiger partial charge >= 0.3 is 0 Å². The van der Waals surface area contributed by atoms with E-state index < -0.39 is 0 Å². The van der Waals surface area contributed by atoms with Crippen LogP contribution in [0.15, 0.2) is 47.1 Å². The van der Waals surface area contributed by atoms with Gasteiger partial charge in [0.05, 0.1) is 5.69 Å². The minimum Gasteiger partial charge on any atom is -0.351 e. The molecule has 1 atom stereocenters. The predicted octanol–water partition coefficient (Wildman–Crippen LogP) is 3.81. The number of likely N-dealkylation sites (tertiary alicyclic amines) is 1. The summed E-state index contributed by atoms with van der Waals surface area (Å²) in [4.78, 5) is 19.2. The molecule has 4 rings (SSSR count). The molecule has 0 N–H and O–H groups in total. The second-order valence-electron chi connectivity index (χ2n) is 6.58. The summed E-state index contributed by atoms with van der Waals surface area (Å²) in [5.74, 6) is 0.525. The Kier molecular flexibility index (Phi) is 4.22. The van der Waals surface area contributed by atoms with Gasteiger partial charge in [-0.1, -0.05) is 36.3 Å². The fraction of sp³-hybridized carbons (Fsp3) is 0.350. The lowest BCUT2D eigenvalue weighted by atomic mass is 9.93. The third-order valence-electron chi connectivity index (χ3n) is 4.91. The lowest BCUT2D eigenvalue weighted by Crippen LogP contribution is -2.39. The molecule has 0 bridgehead atoms. The number of nitrogens with zero attached hydrogens (tertiary/aromatic N) is 3. The van der Waals surface area contributed by atoms with E-state index in [2.05, 4.69) is 28.3 Å². The number of carbonyl (C=O) groups is 1. The van der Waals surface area contributed by atoms with Crippen LogP contribution in [-0.2, 0) is 6.42 Å². The van der Waals surface area contributed by atoms with E-state index in [0.717, 1.165) is 42.6 Å². The van der Waals surface area contributed by atoms with Crippen molar-refractivity contribution in [1.82, 2.24) is 15.0 Å². The van der Waals surface area contributed by atoms with Crippen LogP contribution in [0.4, 0.5) is 0 Å². The number of aryl methyl sites for hydroxylation is 1. The lowest BCUT2D eigenvalue weighted by molar-refractivity contribution is 0.0664. The molecule has 1 aromatic carbocycles. The van der Waals surface area contributed by atoms with Gasteiger partial charge in [-0.3, -0.25) is 9.78 Å². The fourth-order valence-electron chi connectivity index (χ4n) is 3.46. The minimum atomic E-state index is -0.0716. The molecular formula is C20H21N3O2. The van der Waals surface area contributed by atoms with Gasteiger partial charge in [0.15, 0.2) is 0 Å². The Morgan fingerprint density at radius 1 is 1.28 bits per heavy atom. The van der Waals surface area contributed by atoms with Crippen molar-refractivity contribution in [2.24, 2.45) is 0 Å². The Bertz CT molecular complexity index is 903. The zero-order valence-corrected chi connectivity index (χ0v) is 14.3. The fourth-order valence-corrected chi connectivity index (χ4v) is 3.46. The SMILES string of the molecule is CCc1cc(C(=O)N2CCC[C@@H](c3cc4ccccc4cn3)C2)on1. The Labute approximate surface area is 146 Å². The van der Waals surface area contributed by atoms with Crippen LogP contribution in [0.3, 0.4) is 0 Å². The molecule has 5 heteroatoms. The molecule has 0 radical (unpaired) electrons. The molecule has 1 amide bonds. The molecule has 3 aromatic rings. The molecule has 3 heterocycles. The summed E-state index contributed by atoms with van der Waals surface area (Å²) in [5, 5.41) is 6.26. The number of fused-ring (bicyclic) bond motifs is 1. The average Bonchev–Trinajstić information content (AvgIpc) is 3.16. The van der Waals surface area contributed by atoms with Gasteiger partial charge in [0.2, 0.25) is 5.76 Å². The smallest absolute Gasteiger partial charge is 0.292 e. The lowest BCUT2D eigenvalue weighted by Gasteiger charge is -2.31. The molecule has 5 nitrogen and oxygen atoms in total. The van der Waals surface area contributed by atoms with Gasteiger partial charge < -0.3 is 9.42 Å². The van der Waals surface area contributed by atoms with E-state index in [0.29, 0.717) is 12.3 Å². The van der Waals surface area contributed by atoms with Gasteiger partial charge in [-0.2, -0.15) is 0 Å². The Morgan fingerprint density at radius 3 is 2.92 bits per heavy atom. The summed E-state index contributed by atoms with van der Waals surface area (Å²) in [6.45, 7) is 3.42. The van der Waals surface area contributed by atoms with Gasteiger partial charge in [0.25, 0.3) is 5.91 Å². The molecule has 0 saturated carbocycles. The standard InChI is InChI=1S/C20H21N3O2/c1-2-17-11-19(25-22-17)20(24)23-9-5-8-16(13-23)18-10-14-6-3-4-7-15(14)12-21-18/h3-4,6-7,10-12,16H,2,5,8-9,13H2,1H3/t16-/m1/s1. The van der Waals surface area contributed by atoms with Gasteiger partial charge in [-0.25, -0.2) is 0 Å². The maximum atomic E-state index is 12.7. The molecular weight excluding hydrogens is 314 g/mol. The van der Waals surface area contributed by atoms with Gasteiger partial charge in [-0.15, -0.1) is 0 Å². The van der Waals surface area contributed by atoms with E-state index in [1.54, 1.807) is 6.07 Å². The zero-order valence-electron chi connectivity index (χ0n) is 14.3. The first kappa shape index (κ1) is 15.8. The second-order valence-corrected chi connectivity index (χ2v) is 6.58. The van der Waals surface area contributed by atoms with Crippen molar-refractivity contribution >= 4 is 16.7 Å². The van der Waals surface area contributed by atoms with Crippen LogP contribution < -0.4 is 0 Å². The van der Waals surface area contributed by atoms with Crippen LogP contribution in [0.2, 0.25) is 0 Å². The van der Waals surface area contributed by atoms with Crippen molar-refractivity contribution in [3.05, 3.63) is 59.7 Å². The van der Waals surface area contributed by atoms with E-state index in [1.165, 1.54) is 5.39 Å². The molecule has 2 aromatic heterocycles. The highest BCUT2D eigenvalue weighted by Crippen LogP contribution is 2.28. The van der Waals surface area contributed by atoms with Crippen LogP contribution in [0, 0.1) is 0 Å². The van der Waals surface area contributed by atoms with Gasteiger partial charge in [-0.05, 0) is 30.7 Å². The quantitative estimate of drug-likeness (QED) is 0.730.